The highest BCUT2D eigenvalue weighted by Gasteiger charge is 2.26. The van der Waals surface area contributed by atoms with Crippen LogP contribution in [-0.4, -0.2) is 47.9 Å². The van der Waals surface area contributed by atoms with Crippen LogP contribution in [0, 0.1) is 19.7 Å². The van der Waals surface area contributed by atoms with Gasteiger partial charge in [0.2, 0.25) is 0 Å². The Bertz CT molecular complexity index is 1130. The zero-order chi connectivity index (χ0) is 23.4. The van der Waals surface area contributed by atoms with Crippen molar-refractivity contribution in [2.45, 2.75) is 20.5 Å². The Balaban J connectivity index is 1.27. The highest BCUT2D eigenvalue weighted by Crippen LogP contribution is 2.21. The lowest BCUT2D eigenvalue weighted by Crippen LogP contribution is -2.51. The Labute approximate surface area is 191 Å². The number of carbonyl (C=O) groups excluding carboxylic acids is 2. The lowest BCUT2D eigenvalue weighted by Gasteiger charge is -2.34. The number of rotatable bonds is 5. The number of furan rings is 1. The van der Waals surface area contributed by atoms with Gasteiger partial charge >= 0.3 is 6.03 Å². The summed E-state index contributed by atoms with van der Waals surface area (Å²) in [5.41, 5.74) is 2.73. The third-order valence-corrected chi connectivity index (χ3v) is 5.52. The minimum atomic E-state index is -0.363. The van der Waals surface area contributed by atoms with Gasteiger partial charge in [-0.25, -0.2) is 9.18 Å². The maximum absolute atomic E-state index is 13.0. The predicted octanol–water partition coefficient (Wildman–Crippen LogP) is 4.60. The minimum Gasteiger partial charge on any atom is -0.485 e. The first-order chi connectivity index (χ1) is 15.9. The summed E-state index contributed by atoms with van der Waals surface area (Å²) in [6, 6.07) is 14.7. The molecule has 3 amide bonds. The summed E-state index contributed by atoms with van der Waals surface area (Å²) in [6.07, 6.45) is 0. The van der Waals surface area contributed by atoms with Gasteiger partial charge < -0.3 is 24.3 Å². The second kappa shape index (κ2) is 9.77. The Hall–Kier alpha value is -3.81. The van der Waals surface area contributed by atoms with Crippen LogP contribution in [0.15, 0.2) is 59.0 Å². The van der Waals surface area contributed by atoms with E-state index in [2.05, 4.69) is 5.32 Å². The summed E-state index contributed by atoms with van der Waals surface area (Å²) in [5, 5.41) is 2.74. The van der Waals surface area contributed by atoms with E-state index in [1.165, 1.54) is 29.8 Å². The van der Waals surface area contributed by atoms with E-state index in [-0.39, 0.29) is 30.1 Å². The Morgan fingerprint density at radius 1 is 0.970 bits per heavy atom. The predicted molar refractivity (Wildman–Crippen MR) is 122 cm³/mol. The number of halogens is 1. The van der Waals surface area contributed by atoms with Crippen LogP contribution >= 0.6 is 0 Å². The van der Waals surface area contributed by atoms with Crippen molar-refractivity contribution in [1.29, 1.82) is 0 Å². The molecule has 0 radical (unpaired) electrons. The number of hydrogen-bond donors (Lipinski definition) is 1. The lowest BCUT2D eigenvalue weighted by atomic mass is 10.1. The average Bonchev–Trinajstić information content (AvgIpc) is 3.29. The molecule has 1 fully saturated rings. The number of hydrogen-bond acceptors (Lipinski definition) is 4. The van der Waals surface area contributed by atoms with Gasteiger partial charge in [-0.15, -0.1) is 0 Å². The molecule has 8 heteroatoms. The summed E-state index contributed by atoms with van der Waals surface area (Å²) in [4.78, 5) is 28.5. The molecule has 1 saturated heterocycles. The Kier molecular flexibility index (Phi) is 6.63. The van der Waals surface area contributed by atoms with E-state index in [9.17, 15) is 14.0 Å². The molecule has 3 aromatic rings. The highest BCUT2D eigenvalue weighted by molar-refractivity contribution is 5.92. The number of anilines is 1. The standard InChI is InChI=1S/C25H26FN3O4/c1-17-3-9-22(18(2)15-17)32-16-21-8-10-23(33-21)24(30)28-11-13-29(14-12-28)25(31)27-20-6-4-19(26)5-7-20/h3-10,15H,11-14,16H2,1-2H3,(H,27,31). The van der Waals surface area contributed by atoms with E-state index in [0.29, 0.717) is 37.6 Å². The topological polar surface area (TPSA) is 75.0 Å². The number of piperazine rings is 1. The van der Waals surface area contributed by atoms with Crippen molar-refractivity contribution in [1.82, 2.24) is 9.80 Å². The largest absolute Gasteiger partial charge is 0.485 e. The van der Waals surface area contributed by atoms with E-state index in [1.54, 1.807) is 21.9 Å². The molecule has 4 rings (SSSR count). The number of benzene rings is 2. The third kappa shape index (κ3) is 5.52. The molecule has 33 heavy (non-hydrogen) atoms. The smallest absolute Gasteiger partial charge is 0.321 e. The first-order valence-corrected chi connectivity index (χ1v) is 10.8. The van der Waals surface area contributed by atoms with Crippen LogP contribution in [0.25, 0.3) is 0 Å². The van der Waals surface area contributed by atoms with Crippen LogP contribution in [0.3, 0.4) is 0 Å². The van der Waals surface area contributed by atoms with E-state index in [0.717, 1.165) is 11.3 Å². The van der Waals surface area contributed by atoms with Gasteiger partial charge in [0.25, 0.3) is 5.91 Å². The van der Waals surface area contributed by atoms with Crippen LogP contribution in [-0.2, 0) is 6.61 Å². The Morgan fingerprint density at radius 3 is 2.36 bits per heavy atom. The van der Waals surface area contributed by atoms with Crippen molar-refractivity contribution >= 4 is 17.6 Å². The maximum Gasteiger partial charge on any atom is 0.321 e. The number of ether oxygens (including phenoxy) is 1. The average molecular weight is 451 g/mol. The van der Waals surface area contributed by atoms with Gasteiger partial charge in [-0.3, -0.25) is 4.79 Å². The fourth-order valence-corrected chi connectivity index (χ4v) is 3.68. The fraction of sp³-hybridized carbons (Fsp3) is 0.280. The lowest BCUT2D eigenvalue weighted by molar-refractivity contribution is 0.0636. The molecule has 0 saturated carbocycles. The summed E-state index contributed by atoms with van der Waals surface area (Å²) in [7, 11) is 0. The maximum atomic E-state index is 13.0. The molecule has 0 spiro atoms. The molecule has 7 nitrogen and oxygen atoms in total. The molecule has 1 aromatic heterocycles. The molecule has 1 aliphatic heterocycles. The molecule has 0 unspecified atom stereocenters. The molecule has 0 aliphatic carbocycles. The number of aryl methyl sites for hydroxylation is 2. The van der Waals surface area contributed by atoms with Crippen LogP contribution in [0.2, 0.25) is 0 Å². The van der Waals surface area contributed by atoms with Gasteiger partial charge in [0.15, 0.2) is 5.76 Å². The molecule has 1 aliphatic rings. The summed E-state index contributed by atoms with van der Waals surface area (Å²) in [6.45, 7) is 5.81. The monoisotopic (exact) mass is 451 g/mol. The molecule has 2 aromatic carbocycles. The van der Waals surface area contributed by atoms with Crippen LogP contribution in [0.5, 0.6) is 5.75 Å². The van der Waals surface area contributed by atoms with Gasteiger partial charge in [-0.2, -0.15) is 0 Å². The zero-order valence-corrected chi connectivity index (χ0v) is 18.6. The quantitative estimate of drug-likeness (QED) is 0.615. The molecular weight excluding hydrogens is 425 g/mol. The van der Waals surface area contributed by atoms with Crippen molar-refractivity contribution < 1.29 is 23.1 Å². The number of nitrogens with zero attached hydrogens (tertiary/aromatic N) is 2. The van der Waals surface area contributed by atoms with E-state index in [4.69, 9.17) is 9.15 Å². The highest BCUT2D eigenvalue weighted by atomic mass is 19.1. The zero-order valence-electron chi connectivity index (χ0n) is 18.6. The SMILES string of the molecule is Cc1ccc(OCc2ccc(C(=O)N3CCN(C(=O)Nc4ccc(F)cc4)CC3)o2)c(C)c1. The third-order valence-electron chi connectivity index (χ3n) is 5.52. The number of nitrogens with one attached hydrogen (secondary N) is 1. The molecule has 0 bridgehead atoms. The second-order valence-corrected chi connectivity index (χ2v) is 8.04. The minimum absolute atomic E-state index is 0.216. The fourth-order valence-electron chi connectivity index (χ4n) is 3.68. The molecule has 0 atom stereocenters. The number of carbonyl (C=O) groups is 2. The summed E-state index contributed by atoms with van der Waals surface area (Å²) >= 11 is 0. The number of urea groups is 1. The van der Waals surface area contributed by atoms with Crippen LogP contribution in [0.1, 0.15) is 27.4 Å². The van der Waals surface area contributed by atoms with Gasteiger partial charge in [-0.1, -0.05) is 17.7 Å². The first kappa shape index (κ1) is 22.4. The normalized spacial score (nSPS) is 13.7. The van der Waals surface area contributed by atoms with Gasteiger partial charge in [0, 0.05) is 31.9 Å². The summed E-state index contributed by atoms with van der Waals surface area (Å²) < 4.78 is 24.5. The second-order valence-electron chi connectivity index (χ2n) is 8.04. The van der Waals surface area contributed by atoms with Crippen molar-refractivity contribution in [3.8, 4) is 5.75 Å². The van der Waals surface area contributed by atoms with E-state index >= 15 is 0 Å². The van der Waals surface area contributed by atoms with Gasteiger partial charge in [0.05, 0.1) is 0 Å². The van der Waals surface area contributed by atoms with Crippen molar-refractivity contribution in [3.05, 3.63) is 83.1 Å². The van der Waals surface area contributed by atoms with Gasteiger partial charge in [0.1, 0.15) is 23.9 Å². The first-order valence-electron chi connectivity index (χ1n) is 10.8. The van der Waals surface area contributed by atoms with Crippen molar-refractivity contribution in [3.63, 3.8) is 0 Å². The molecule has 2 heterocycles. The molecule has 172 valence electrons. The van der Waals surface area contributed by atoms with E-state index < -0.39 is 0 Å². The van der Waals surface area contributed by atoms with Crippen LogP contribution < -0.4 is 10.1 Å². The summed E-state index contributed by atoms with van der Waals surface area (Å²) in [5.74, 6) is 1.01. The molecular formula is C25H26FN3O4. The van der Waals surface area contributed by atoms with Gasteiger partial charge in [-0.05, 0) is 61.9 Å². The number of amides is 3. The van der Waals surface area contributed by atoms with Crippen LogP contribution in [0.4, 0.5) is 14.9 Å². The van der Waals surface area contributed by atoms with Crippen molar-refractivity contribution in [2.24, 2.45) is 0 Å². The van der Waals surface area contributed by atoms with Crippen molar-refractivity contribution in [2.75, 3.05) is 31.5 Å². The van der Waals surface area contributed by atoms with E-state index in [1.807, 2.05) is 32.0 Å². The Morgan fingerprint density at radius 2 is 1.67 bits per heavy atom. The molecule has 1 N–H and O–H groups in total.